The molecule has 1 atom stereocenters. The number of pyridine rings is 1. The molecule has 7 nitrogen and oxygen atoms in total. The van der Waals surface area contributed by atoms with Crippen LogP contribution < -0.4 is 15.5 Å². The Labute approximate surface area is 169 Å². The molecular weight excluding hydrogens is 364 g/mol. The van der Waals surface area contributed by atoms with Gasteiger partial charge in [0.05, 0.1) is 16.6 Å². The van der Waals surface area contributed by atoms with Crippen molar-refractivity contribution in [2.45, 2.75) is 31.7 Å². The molecule has 1 amide bonds. The van der Waals surface area contributed by atoms with Gasteiger partial charge in [0, 0.05) is 31.9 Å². The summed E-state index contributed by atoms with van der Waals surface area (Å²) in [6, 6.07) is 11.9. The Hall–Kier alpha value is -3.09. The van der Waals surface area contributed by atoms with Crippen molar-refractivity contribution in [3.05, 3.63) is 48.2 Å². The molecule has 0 radical (unpaired) electrons. The number of piperidine rings is 1. The number of hydrogen-bond acceptors (Lipinski definition) is 5. The largest absolute Gasteiger partial charge is 0.370 e. The second kappa shape index (κ2) is 7.73. The number of fused-ring (bicyclic) bond motifs is 1. The van der Waals surface area contributed by atoms with Gasteiger partial charge in [0.25, 0.3) is 5.91 Å². The molecule has 1 aromatic carbocycles. The van der Waals surface area contributed by atoms with E-state index in [2.05, 4.69) is 25.5 Å². The molecule has 0 bridgehead atoms. The average Bonchev–Trinajstić information content (AvgIpc) is 3.48. The van der Waals surface area contributed by atoms with Crippen molar-refractivity contribution in [3.8, 4) is 0 Å². The van der Waals surface area contributed by atoms with E-state index in [0.717, 1.165) is 61.2 Å². The fourth-order valence-corrected chi connectivity index (χ4v) is 3.85. The highest BCUT2D eigenvalue weighted by molar-refractivity contribution is 5.94. The van der Waals surface area contributed by atoms with E-state index in [1.165, 1.54) is 12.8 Å². The van der Waals surface area contributed by atoms with E-state index in [0.29, 0.717) is 5.56 Å². The first-order valence-electron chi connectivity index (χ1n) is 10.4. The van der Waals surface area contributed by atoms with Crippen molar-refractivity contribution in [1.82, 2.24) is 20.3 Å². The zero-order valence-corrected chi connectivity index (χ0v) is 16.4. The highest BCUT2D eigenvalue weighted by Gasteiger charge is 2.24. The van der Waals surface area contributed by atoms with Crippen molar-refractivity contribution >= 4 is 28.7 Å². The number of carbonyl (C=O) groups excluding carboxylic acids is 1. The number of anilines is 2. The molecule has 1 saturated heterocycles. The Bertz CT molecular complexity index is 961. The van der Waals surface area contributed by atoms with E-state index in [-0.39, 0.29) is 11.9 Å². The van der Waals surface area contributed by atoms with Crippen LogP contribution in [-0.2, 0) is 0 Å². The molecule has 5 rings (SSSR count). The number of nitrogens with one attached hydrogen (secondary N) is 3. The summed E-state index contributed by atoms with van der Waals surface area (Å²) in [6.45, 7) is 2.66. The maximum absolute atomic E-state index is 12.7. The molecule has 2 fully saturated rings. The van der Waals surface area contributed by atoms with Gasteiger partial charge in [0.15, 0.2) is 0 Å². The highest BCUT2D eigenvalue weighted by atomic mass is 16.1. The molecule has 3 heterocycles. The normalized spacial score (nSPS) is 19.3. The number of hydrogen-bond donors (Lipinski definition) is 3. The van der Waals surface area contributed by atoms with E-state index in [1.807, 2.05) is 36.4 Å². The van der Waals surface area contributed by atoms with Crippen molar-refractivity contribution in [2.75, 3.05) is 29.9 Å². The van der Waals surface area contributed by atoms with Gasteiger partial charge < -0.3 is 20.5 Å². The molecule has 0 spiro atoms. The SMILES string of the molecule is O=C(NC1CCCN(c2nc3ccccc3[nH]2)C1)c1ccc(NCC2CC2)nc1. The third-order valence-electron chi connectivity index (χ3n) is 5.73. The van der Waals surface area contributed by atoms with Crippen LogP contribution in [0.1, 0.15) is 36.0 Å². The van der Waals surface area contributed by atoms with Crippen LogP contribution in [0.3, 0.4) is 0 Å². The number of para-hydroxylation sites is 2. The van der Waals surface area contributed by atoms with Crippen LogP contribution in [0, 0.1) is 5.92 Å². The van der Waals surface area contributed by atoms with Gasteiger partial charge >= 0.3 is 0 Å². The summed E-state index contributed by atoms with van der Waals surface area (Å²) in [7, 11) is 0. The molecule has 1 saturated carbocycles. The van der Waals surface area contributed by atoms with E-state index in [4.69, 9.17) is 4.98 Å². The summed E-state index contributed by atoms with van der Waals surface area (Å²) in [5, 5.41) is 6.49. The molecule has 2 aromatic heterocycles. The van der Waals surface area contributed by atoms with Crippen LogP contribution in [0.15, 0.2) is 42.6 Å². The zero-order chi connectivity index (χ0) is 19.6. The number of imidazole rings is 1. The molecule has 1 aliphatic heterocycles. The summed E-state index contributed by atoms with van der Waals surface area (Å²) in [5.41, 5.74) is 2.60. The number of aromatic amines is 1. The third kappa shape index (κ3) is 4.18. The minimum atomic E-state index is -0.0669. The second-order valence-electron chi connectivity index (χ2n) is 8.09. The summed E-state index contributed by atoms with van der Waals surface area (Å²) in [5.74, 6) is 2.43. The van der Waals surface area contributed by atoms with Crippen molar-refractivity contribution < 1.29 is 4.79 Å². The fraction of sp³-hybridized carbons (Fsp3) is 0.409. The van der Waals surface area contributed by atoms with Gasteiger partial charge in [-0.05, 0) is 55.9 Å². The smallest absolute Gasteiger partial charge is 0.253 e. The number of H-pyrrole nitrogens is 1. The van der Waals surface area contributed by atoms with Gasteiger partial charge in [-0.3, -0.25) is 4.79 Å². The maximum atomic E-state index is 12.7. The van der Waals surface area contributed by atoms with Crippen LogP contribution >= 0.6 is 0 Å². The molecule has 3 aromatic rings. The quantitative estimate of drug-likeness (QED) is 0.602. The highest BCUT2D eigenvalue weighted by Crippen LogP contribution is 2.28. The third-order valence-corrected chi connectivity index (χ3v) is 5.73. The van der Waals surface area contributed by atoms with Gasteiger partial charge in [-0.15, -0.1) is 0 Å². The molecule has 3 N–H and O–H groups in total. The van der Waals surface area contributed by atoms with E-state index >= 15 is 0 Å². The number of amides is 1. The molecular formula is C22H26N6O. The Morgan fingerprint density at radius 1 is 1.17 bits per heavy atom. The van der Waals surface area contributed by atoms with Crippen molar-refractivity contribution in [1.29, 1.82) is 0 Å². The van der Waals surface area contributed by atoms with Crippen LogP contribution in [0.5, 0.6) is 0 Å². The van der Waals surface area contributed by atoms with Crippen LogP contribution in [-0.4, -0.2) is 46.5 Å². The Morgan fingerprint density at radius 2 is 2.07 bits per heavy atom. The maximum Gasteiger partial charge on any atom is 0.253 e. The lowest BCUT2D eigenvalue weighted by Gasteiger charge is -2.32. The average molecular weight is 390 g/mol. The van der Waals surface area contributed by atoms with Gasteiger partial charge in [-0.2, -0.15) is 0 Å². The number of carbonyl (C=O) groups is 1. The Kier molecular flexibility index (Phi) is 4.79. The molecule has 150 valence electrons. The van der Waals surface area contributed by atoms with Gasteiger partial charge in [0.2, 0.25) is 5.95 Å². The van der Waals surface area contributed by atoms with Crippen molar-refractivity contribution in [2.24, 2.45) is 5.92 Å². The number of nitrogens with zero attached hydrogens (tertiary/aromatic N) is 3. The lowest BCUT2D eigenvalue weighted by molar-refractivity contribution is 0.0932. The summed E-state index contributed by atoms with van der Waals surface area (Å²) >= 11 is 0. The Balaban J connectivity index is 1.20. The van der Waals surface area contributed by atoms with E-state index in [1.54, 1.807) is 6.20 Å². The minimum absolute atomic E-state index is 0.0669. The topological polar surface area (TPSA) is 85.9 Å². The molecule has 7 heteroatoms. The van der Waals surface area contributed by atoms with Crippen LogP contribution in [0.4, 0.5) is 11.8 Å². The Morgan fingerprint density at radius 3 is 2.86 bits per heavy atom. The lowest BCUT2D eigenvalue weighted by atomic mass is 10.1. The standard InChI is InChI=1S/C22H26N6O/c29-21(16-9-10-20(24-13-16)23-12-15-7-8-15)25-17-4-3-11-28(14-17)22-26-18-5-1-2-6-19(18)27-22/h1-2,5-6,9-10,13,15,17H,3-4,7-8,11-12,14H2,(H,23,24)(H,25,29)(H,26,27). The fourth-order valence-electron chi connectivity index (χ4n) is 3.85. The van der Waals surface area contributed by atoms with E-state index < -0.39 is 0 Å². The minimum Gasteiger partial charge on any atom is -0.370 e. The monoisotopic (exact) mass is 390 g/mol. The van der Waals surface area contributed by atoms with Crippen LogP contribution in [0.25, 0.3) is 11.0 Å². The van der Waals surface area contributed by atoms with Crippen LogP contribution in [0.2, 0.25) is 0 Å². The van der Waals surface area contributed by atoms with Gasteiger partial charge in [0.1, 0.15) is 5.82 Å². The number of benzene rings is 1. The first-order valence-corrected chi connectivity index (χ1v) is 10.4. The molecule has 2 aliphatic rings. The first-order chi connectivity index (χ1) is 14.2. The molecule has 1 aliphatic carbocycles. The number of aromatic nitrogens is 3. The first kappa shape index (κ1) is 18.0. The second-order valence-corrected chi connectivity index (χ2v) is 8.09. The molecule has 29 heavy (non-hydrogen) atoms. The van der Waals surface area contributed by atoms with E-state index in [9.17, 15) is 4.79 Å². The van der Waals surface area contributed by atoms with Gasteiger partial charge in [-0.25, -0.2) is 9.97 Å². The summed E-state index contributed by atoms with van der Waals surface area (Å²) < 4.78 is 0. The zero-order valence-electron chi connectivity index (χ0n) is 16.4. The predicted octanol–water partition coefficient (Wildman–Crippen LogP) is 3.18. The van der Waals surface area contributed by atoms with Gasteiger partial charge in [-0.1, -0.05) is 12.1 Å². The predicted molar refractivity (Wildman–Crippen MR) is 114 cm³/mol. The number of rotatable bonds is 6. The summed E-state index contributed by atoms with van der Waals surface area (Å²) in [4.78, 5) is 27.4. The van der Waals surface area contributed by atoms with Crippen molar-refractivity contribution in [3.63, 3.8) is 0 Å². The summed E-state index contributed by atoms with van der Waals surface area (Å²) in [6.07, 6.45) is 6.26. The lowest BCUT2D eigenvalue weighted by Crippen LogP contribution is -2.48. The molecule has 1 unspecified atom stereocenters.